The fraction of sp³-hybridized carbons (Fsp3) is 0.273. The lowest BCUT2D eigenvalue weighted by Gasteiger charge is -2.01. The first-order valence-electron chi connectivity index (χ1n) is 4.92. The molecule has 4 nitrogen and oxygen atoms in total. The maximum atomic E-state index is 5.55. The molecule has 0 aliphatic carbocycles. The van der Waals surface area contributed by atoms with E-state index in [1.165, 1.54) is 0 Å². The van der Waals surface area contributed by atoms with Gasteiger partial charge in [-0.05, 0) is 13.0 Å². The van der Waals surface area contributed by atoms with Crippen molar-refractivity contribution in [3.05, 3.63) is 42.5 Å². The van der Waals surface area contributed by atoms with E-state index in [2.05, 4.69) is 10.1 Å². The molecule has 2 rings (SSSR count). The van der Waals surface area contributed by atoms with Crippen LogP contribution in [0.1, 0.15) is 12.5 Å². The van der Waals surface area contributed by atoms with Gasteiger partial charge in [0.1, 0.15) is 6.61 Å². The summed E-state index contributed by atoms with van der Waals surface area (Å²) in [6.07, 6.45) is 7.15. The van der Waals surface area contributed by atoms with Crippen molar-refractivity contribution in [2.45, 2.75) is 20.1 Å². The molecule has 78 valence electrons. The van der Waals surface area contributed by atoms with E-state index in [-0.39, 0.29) is 0 Å². The van der Waals surface area contributed by atoms with Crippen LogP contribution in [0.2, 0.25) is 0 Å². The highest BCUT2D eigenvalue weighted by atomic mass is 16.5. The largest absolute Gasteiger partial charge is 0.486 e. The Labute approximate surface area is 88.5 Å². The van der Waals surface area contributed by atoms with E-state index in [1.54, 1.807) is 18.6 Å². The Morgan fingerprint density at radius 1 is 1.40 bits per heavy atom. The first kappa shape index (κ1) is 9.71. The lowest BCUT2D eigenvalue weighted by molar-refractivity contribution is 0.305. The zero-order valence-corrected chi connectivity index (χ0v) is 8.63. The van der Waals surface area contributed by atoms with Crippen molar-refractivity contribution in [1.29, 1.82) is 0 Å². The highest BCUT2D eigenvalue weighted by Crippen LogP contribution is 2.10. The molecule has 0 N–H and O–H groups in total. The topological polar surface area (TPSA) is 39.9 Å². The Hall–Kier alpha value is -1.84. The summed E-state index contributed by atoms with van der Waals surface area (Å²) in [6.45, 7) is 3.43. The Kier molecular flexibility index (Phi) is 2.97. The molecule has 0 spiro atoms. The number of ether oxygens (including phenoxy) is 1. The SMILES string of the molecule is CCn1cc(OCc2cccnc2)cn1. The van der Waals surface area contributed by atoms with Crippen molar-refractivity contribution in [2.75, 3.05) is 0 Å². The molecular weight excluding hydrogens is 190 g/mol. The molecule has 4 heteroatoms. The van der Waals surface area contributed by atoms with E-state index in [4.69, 9.17) is 4.74 Å². The average Bonchev–Trinajstić information content (AvgIpc) is 2.76. The summed E-state index contributed by atoms with van der Waals surface area (Å²) in [5.74, 6) is 0.792. The van der Waals surface area contributed by atoms with E-state index in [0.29, 0.717) is 6.61 Å². The minimum absolute atomic E-state index is 0.531. The van der Waals surface area contributed by atoms with Crippen molar-refractivity contribution in [2.24, 2.45) is 0 Å². The van der Waals surface area contributed by atoms with Crippen LogP contribution in [0, 0.1) is 0 Å². The van der Waals surface area contributed by atoms with Crippen molar-refractivity contribution in [1.82, 2.24) is 14.8 Å². The second-order valence-corrected chi connectivity index (χ2v) is 3.18. The third kappa shape index (κ3) is 2.56. The van der Waals surface area contributed by atoms with Crippen molar-refractivity contribution in [3.63, 3.8) is 0 Å². The summed E-state index contributed by atoms with van der Waals surface area (Å²) in [5.41, 5.74) is 1.06. The zero-order valence-electron chi connectivity index (χ0n) is 8.63. The smallest absolute Gasteiger partial charge is 0.157 e. The average molecular weight is 203 g/mol. The first-order valence-corrected chi connectivity index (χ1v) is 4.92. The fourth-order valence-corrected chi connectivity index (χ4v) is 1.24. The van der Waals surface area contributed by atoms with Crippen LogP contribution in [-0.2, 0) is 13.2 Å². The third-order valence-corrected chi connectivity index (χ3v) is 2.06. The lowest BCUT2D eigenvalue weighted by Crippen LogP contribution is -1.95. The minimum Gasteiger partial charge on any atom is -0.486 e. The highest BCUT2D eigenvalue weighted by Gasteiger charge is 1.98. The quantitative estimate of drug-likeness (QED) is 0.761. The van der Waals surface area contributed by atoms with Crippen LogP contribution in [0.15, 0.2) is 36.9 Å². The molecule has 15 heavy (non-hydrogen) atoms. The van der Waals surface area contributed by atoms with E-state index < -0.39 is 0 Å². The minimum atomic E-state index is 0.531. The number of rotatable bonds is 4. The van der Waals surface area contributed by atoms with Gasteiger partial charge in [-0.3, -0.25) is 9.67 Å². The Morgan fingerprint density at radius 3 is 3.00 bits per heavy atom. The van der Waals surface area contributed by atoms with E-state index >= 15 is 0 Å². The molecule has 0 aliphatic heterocycles. The van der Waals surface area contributed by atoms with Crippen molar-refractivity contribution in [3.8, 4) is 5.75 Å². The van der Waals surface area contributed by atoms with Gasteiger partial charge in [-0.15, -0.1) is 0 Å². The predicted octanol–water partition coefficient (Wildman–Crippen LogP) is 1.88. The normalized spacial score (nSPS) is 10.2. The molecule has 0 radical (unpaired) electrons. The van der Waals surface area contributed by atoms with Gasteiger partial charge in [0.25, 0.3) is 0 Å². The van der Waals surface area contributed by atoms with Crippen LogP contribution in [0.25, 0.3) is 0 Å². The lowest BCUT2D eigenvalue weighted by atomic mass is 10.3. The van der Waals surface area contributed by atoms with E-state index in [9.17, 15) is 0 Å². The predicted molar refractivity (Wildman–Crippen MR) is 56.5 cm³/mol. The molecule has 0 fully saturated rings. The van der Waals surface area contributed by atoms with Gasteiger partial charge in [0, 0.05) is 24.5 Å². The second kappa shape index (κ2) is 4.59. The third-order valence-electron chi connectivity index (χ3n) is 2.06. The van der Waals surface area contributed by atoms with E-state index in [0.717, 1.165) is 17.9 Å². The molecule has 0 amide bonds. The van der Waals surface area contributed by atoms with Gasteiger partial charge < -0.3 is 4.74 Å². The molecule has 2 aromatic rings. The van der Waals surface area contributed by atoms with Crippen molar-refractivity contribution >= 4 is 0 Å². The highest BCUT2D eigenvalue weighted by molar-refractivity contribution is 5.14. The van der Waals surface area contributed by atoms with E-state index in [1.807, 2.05) is 29.9 Å². The van der Waals surface area contributed by atoms with Gasteiger partial charge in [0.2, 0.25) is 0 Å². The van der Waals surface area contributed by atoms with Gasteiger partial charge in [-0.2, -0.15) is 5.10 Å². The van der Waals surface area contributed by atoms with Crippen LogP contribution in [0.5, 0.6) is 5.75 Å². The molecule has 0 unspecified atom stereocenters. The van der Waals surface area contributed by atoms with Crippen molar-refractivity contribution < 1.29 is 4.74 Å². The number of nitrogens with zero attached hydrogens (tertiary/aromatic N) is 3. The Balaban J connectivity index is 1.93. The summed E-state index contributed by atoms with van der Waals surface area (Å²) >= 11 is 0. The van der Waals surface area contributed by atoms with Crippen LogP contribution in [0.4, 0.5) is 0 Å². The van der Waals surface area contributed by atoms with Gasteiger partial charge in [0.05, 0.1) is 12.4 Å². The number of aryl methyl sites for hydroxylation is 1. The number of hydrogen-bond acceptors (Lipinski definition) is 3. The molecule has 2 heterocycles. The summed E-state index contributed by atoms with van der Waals surface area (Å²) in [7, 11) is 0. The summed E-state index contributed by atoms with van der Waals surface area (Å²) in [5, 5.41) is 4.12. The van der Waals surface area contributed by atoms with Crippen LogP contribution in [-0.4, -0.2) is 14.8 Å². The maximum Gasteiger partial charge on any atom is 0.157 e. The summed E-state index contributed by atoms with van der Waals surface area (Å²) in [4.78, 5) is 4.02. The number of pyridine rings is 1. The van der Waals surface area contributed by atoms with Gasteiger partial charge in [-0.1, -0.05) is 6.07 Å². The molecule has 0 aliphatic rings. The number of aromatic nitrogens is 3. The fourth-order valence-electron chi connectivity index (χ4n) is 1.24. The van der Waals surface area contributed by atoms with Crippen LogP contribution < -0.4 is 4.74 Å². The van der Waals surface area contributed by atoms with Crippen LogP contribution >= 0.6 is 0 Å². The zero-order chi connectivity index (χ0) is 10.5. The second-order valence-electron chi connectivity index (χ2n) is 3.18. The molecule has 0 bridgehead atoms. The van der Waals surface area contributed by atoms with Gasteiger partial charge in [-0.25, -0.2) is 0 Å². The number of hydrogen-bond donors (Lipinski definition) is 0. The molecule has 2 aromatic heterocycles. The van der Waals surface area contributed by atoms with Crippen LogP contribution in [0.3, 0.4) is 0 Å². The molecular formula is C11H13N3O. The summed E-state index contributed by atoms with van der Waals surface area (Å²) in [6, 6.07) is 3.88. The Morgan fingerprint density at radius 2 is 2.33 bits per heavy atom. The molecule has 0 atom stereocenters. The maximum absolute atomic E-state index is 5.55. The first-order chi connectivity index (χ1) is 7.38. The standard InChI is InChI=1S/C11H13N3O/c1-2-14-8-11(7-13-14)15-9-10-4-3-5-12-6-10/h3-8H,2,9H2,1H3. The summed E-state index contributed by atoms with van der Waals surface area (Å²) < 4.78 is 7.38. The van der Waals surface area contributed by atoms with Gasteiger partial charge >= 0.3 is 0 Å². The van der Waals surface area contributed by atoms with Gasteiger partial charge in [0.15, 0.2) is 5.75 Å². The molecule has 0 saturated carbocycles. The monoisotopic (exact) mass is 203 g/mol. The molecule has 0 saturated heterocycles. The molecule has 0 aromatic carbocycles. The Bertz CT molecular complexity index is 411.